The molecule has 1 aromatic carbocycles. The second kappa shape index (κ2) is 9.89. The van der Waals surface area contributed by atoms with Crippen molar-refractivity contribution in [2.75, 3.05) is 23.5 Å². The smallest absolute Gasteiger partial charge is 0.234 e. The highest BCUT2D eigenvalue weighted by molar-refractivity contribution is 7.99. The van der Waals surface area contributed by atoms with E-state index in [0.717, 1.165) is 4.88 Å². The van der Waals surface area contributed by atoms with Gasteiger partial charge in [-0.2, -0.15) is 0 Å². The van der Waals surface area contributed by atoms with E-state index in [9.17, 15) is 9.59 Å². The van der Waals surface area contributed by atoms with Crippen LogP contribution in [0.2, 0.25) is 0 Å². The van der Waals surface area contributed by atoms with E-state index in [1.807, 2.05) is 29.7 Å². The molecule has 0 aliphatic rings. The molecule has 3 rings (SSSR count). The molecular weight excluding hydrogens is 410 g/mol. The number of aromatic amines is 1. The van der Waals surface area contributed by atoms with Crippen molar-refractivity contribution < 1.29 is 14.3 Å². The van der Waals surface area contributed by atoms with E-state index in [1.165, 1.54) is 25.8 Å². The van der Waals surface area contributed by atoms with Gasteiger partial charge < -0.3 is 15.4 Å². The third-order valence-electron chi connectivity index (χ3n) is 3.56. The molecule has 0 bridgehead atoms. The second-order valence-corrected chi connectivity index (χ2v) is 7.71. The Hall–Kier alpha value is -3.11. The van der Waals surface area contributed by atoms with Crippen molar-refractivity contribution in [3.05, 3.63) is 46.4 Å². The summed E-state index contributed by atoms with van der Waals surface area (Å²) in [7, 11) is 1.51. The number of ether oxygens (including phenoxy) is 1. The first-order valence-electron chi connectivity index (χ1n) is 8.56. The van der Waals surface area contributed by atoms with Crippen LogP contribution >= 0.6 is 23.1 Å². The molecule has 0 saturated heterocycles. The number of benzene rings is 1. The van der Waals surface area contributed by atoms with E-state index in [4.69, 9.17) is 4.74 Å². The van der Waals surface area contributed by atoms with Crippen LogP contribution < -0.4 is 15.4 Å². The van der Waals surface area contributed by atoms with Crippen LogP contribution in [0.4, 0.5) is 11.4 Å². The molecule has 2 amide bonds. The Balaban J connectivity index is 1.57. The van der Waals surface area contributed by atoms with Gasteiger partial charge in [-0.05, 0) is 41.8 Å². The van der Waals surface area contributed by atoms with Crippen LogP contribution in [-0.2, 0) is 9.59 Å². The lowest BCUT2D eigenvalue weighted by Crippen LogP contribution is -2.15. The molecule has 0 radical (unpaired) electrons. The van der Waals surface area contributed by atoms with E-state index in [1.54, 1.807) is 29.5 Å². The number of H-pyrrole nitrogens is 1. The quantitative estimate of drug-likeness (QED) is 0.471. The molecule has 8 nitrogen and oxygen atoms in total. The van der Waals surface area contributed by atoms with E-state index in [2.05, 4.69) is 25.8 Å². The fraction of sp³-hybridized carbons (Fsp3) is 0.158. The lowest BCUT2D eigenvalue weighted by molar-refractivity contribution is -0.114. The number of hydrogen-bond donors (Lipinski definition) is 3. The zero-order valence-corrected chi connectivity index (χ0v) is 17.4. The molecule has 0 aliphatic heterocycles. The summed E-state index contributed by atoms with van der Waals surface area (Å²) in [4.78, 5) is 29.0. The molecule has 150 valence electrons. The molecule has 0 saturated carbocycles. The number of hydrogen-bond acceptors (Lipinski definition) is 7. The maximum absolute atomic E-state index is 12.3. The van der Waals surface area contributed by atoms with Crippen LogP contribution in [0.5, 0.6) is 5.75 Å². The molecule has 0 spiro atoms. The van der Waals surface area contributed by atoms with E-state index < -0.39 is 0 Å². The first kappa shape index (κ1) is 20.6. The Morgan fingerprint density at radius 3 is 2.86 bits per heavy atom. The fourth-order valence-electron chi connectivity index (χ4n) is 2.35. The van der Waals surface area contributed by atoms with E-state index in [0.29, 0.717) is 28.1 Å². The number of rotatable bonds is 8. The van der Waals surface area contributed by atoms with Gasteiger partial charge in [-0.15, -0.1) is 16.4 Å². The lowest BCUT2D eigenvalue weighted by atomic mass is 10.2. The highest BCUT2D eigenvalue weighted by atomic mass is 32.2. The molecule has 0 atom stereocenters. The zero-order chi connectivity index (χ0) is 20.6. The van der Waals surface area contributed by atoms with Gasteiger partial charge in [-0.1, -0.05) is 17.8 Å². The highest BCUT2D eigenvalue weighted by Gasteiger charge is 2.11. The van der Waals surface area contributed by atoms with Gasteiger partial charge in [0.15, 0.2) is 0 Å². The molecule has 3 aromatic rings. The van der Waals surface area contributed by atoms with Crippen molar-refractivity contribution >= 4 is 58.4 Å². The third kappa shape index (κ3) is 6.19. The third-order valence-corrected chi connectivity index (χ3v) is 5.24. The summed E-state index contributed by atoms with van der Waals surface area (Å²) >= 11 is 2.84. The molecule has 10 heteroatoms. The highest BCUT2D eigenvalue weighted by Crippen LogP contribution is 2.28. The number of methoxy groups -OCH3 is 1. The molecule has 29 heavy (non-hydrogen) atoms. The fourth-order valence-corrected chi connectivity index (χ4v) is 3.57. The van der Waals surface area contributed by atoms with Crippen molar-refractivity contribution in [2.24, 2.45) is 0 Å². The van der Waals surface area contributed by atoms with Crippen LogP contribution in [-0.4, -0.2) is 39.9 Å². The largest absolute Gasteiger partial charge is 0.495 e. The number of amides is 2. The topological polar surface area (TPSA) is 109 Å². The number of carbonyl (C=O) groups excluding carboxylic acids is 2. The van der Waals surface area contributed by atoms with Crippen LogP contribution in [0, 0.1) is 0 Å². The Kier molecular flexibility index (Phi) is 7.04. The van der Waals surface area contributed by atoms with E-state index >= 15 is 0 Å². The summed E-state index contributed by atoms with van der Waals surface area (Å²) in [6.07, 6.45) is 3.78. The van der Waals surface area contributed by atoms with Gasteiger partial charge in [0.1, 0.15) is 11.6 Å². The number of thiophene rings is 1. The average Bonchev–Trinajstić information content (AvgIpc) is 3.36. The van der Waals surface area contributed by atoms with Crippen molar-refractivity contribution in [3.8, 4) is 5.75 Å². The predicted molar refractivity (Wildman–Crippen MR) is 116 cm³/mol. The lowest BCUT2D eigenvalue weighted by Gasteiger charge is -2.12. The Bertz CT molecular complexity index is 1010. The first-order valence-corrected chi connectivity index (χ1v) is 10.4. The number of nitrogens with zero attached hydrogens (tertiary/aromatic N) is 2. The van der Waals surface area contributed by atoms with Crippen molar-refractivity contribution in [1.82, 2.24) is 15.2 Å². The normalized spacial score (nSPS) is 10.8. The van der Waals surface area contributed by atoms with Gasteiger partial charge in [0.25, 0.3) is 0 Å². The molecule has 0 unspecified atom stereocenters. The van der Waals surface area contributed by atoms with Crippen LogP contribution in [0.1, 0.15) is 17.6 Å². The zero-order valence-electron chi connectivity index (χ0n) is 15.8. The Labute approximate surface area is 175 Å². The predicted octanol–water partition coefficient (Wildman–Crippen LogP) is 3.73. The number of aromatic nitrogens is 3. The number of nitrogens with one attached hydrogen (secondary N) is 3. The Morgan fingerprint density at radius 2 is 2.14 bits per heavy atom. The van der Waals surface area contributed by atoms with Gasteiger partial charge in [0.2, 0.25) is 17.0 Å². The number of thioether (sulfide) groups is 1. The summed E-state index contributed by atoms with van der Waals surface area (Å²) in [5.41, 5.74) is 1.04. The molecule has 0 fully saturated rings. The van der Waals surface area contributed by atoms with Crippen molar-refractivity contribution in [2.45, 2.75) is 12.1 Å². The molecule has 2 aromatic heterocycles. The summed E-state index contributed by atoms with van der Waals surface area (Å²) in [5, 5.41) is 14.9. The summed E-state index contributed by atoms with van der Waals surface area (Å²) in [5.74, 6) is 0.798. The van der Waals surface area contributed by atoms with Gasteiger partial charge in [-0.25, -0.2) is 4.98 Å². The summed E-state index contributed by atoms with van der Waals surface area (Å²) in [6, 6.07) is 9.00. The minimum atomic E-state index is -0.242. The van der Waals surface area contributed by atoms with Gasteiger partial charge in [0.05, 0.1) is 18.6 Å². The van der Waals surface area contributed by atoms with Gasteiger partial charge >= 0.3 is 0 Å². The number of carbonyl (C=O) groups is 2. The molecular formula is C19H19N5O3S2. The maximum atomic E-state index is 12.3. The Morgan fingerprint density at radius 1 is 1.28 bits per heavy atom. The van der Waals surface area contributed by atoms with Crippen LogP contribution in [0.3, 0.4) is 0 Å². The summed E-state index contributed by atoms with van der Waals surface area (Å²) < 4.78 is 5.26. The molecule has 2 heterocycles. The standard InChI is InChI=1S/C19H19N5O3S2/c1-12(25)20-13-5-7-16(27-2)15(10-13)21-18(26)11-29-19-22-17(23-24-19)8-6-14-4-3-9-28-14/h3-10H,11H2,1-2H3,(H,20,25)(H,21,26)(H,22,23,24)/b8-6+. The minimum absolute atomic E-state index is 0.124. The van der Waals surface area contributed by atoms with Crippen LogP contribution in [0.25, 0.3) is 12.2 Å². The van der Waals surface area contributed by atoms with Gasteiger partial charge in [0, 0.05) is 17.5 Å². The number of anilines is 2. The minimum Gasteiger partial charge on any atom is -0.495 e. The summed E-state index contributed by atoms with van der Waals surface area (Å²) in [6.45, 7) is 1.42. The van der Waals surface area contributed by atoms with Crippen LogP contribution in [0.15, 0.2) is 40.9 Å². The average molecular weight is 430 g/mol. The second-order valence-electron chi connectivity index (χ2n) is 5.79. The van der Waals surface area contributed by atoms with Crippen molar-refractivity contribution in [1.29, 1.82) is 0 Å². The monoisotopic (exact) mass is 429 g/mol. The maximum Gasteiger partial charge on any atom is 0.234 e. The molecule has 0 aliphatic carbocycles. The first-order chi connectivity index (χ1) is 14.0. The van der Waals surface area contributed by atoms with Gasteiger partial charge in [-0.3, -0.25) is 14.7 Å². The van der Waals surface area contributed by atoms with E-state index in [-0.39, 0.29) is 17.6 Å². The SMILES string of the molecule is COc1ccc(NC(C)=O)cc1NC(=O)CSc1n[nH]c(/C=C/c2cccs2)n1. The molecule has 3 N–H and O–H groups in total. The van der Waals surface area contributed by atoms with Crippen molar-refractivity contribution in [3.63, 3.8) is 0 Å².